The van der Waals surface area contributed by atoms with E-state index in [4.69, 9.17) is 4.74 Å². The summed E-state index contributed by atoms with van der Waals surface area (Å²) < 4.78 is 22.0. The Kier molecular flexibility index (Phi) is 5.47. The molecule has 1 saturated heterocycles. The molecule has 2 aromatic heterocycles. The van der Waals surface area contributed by atoms with E-state index in [9.17, 15) is 19.5 Å². The highest BCUT2D eigenvalue weighted by molar-refractivity contribution is 5.89. The SMILES string of the molecule is Cc1c(N2CCC3(CC3NC(=O)OCc3ccccc3)C2)c(F)cn2c(=O)c(C(=O)O)cc(C3CC3)c12. The van der Waals surface area contributed by atoms with Crippen LogP contribution in [0.5, 0.6) is 0 Å². The van der Waals surface area contributed by atoms with Gasteiger partial charge in [-0.25, -0.2) is 14.0 Å². The smallest absolute Gasteiger partial charge is 0.407 e. The van der Waals surface area contributed by atoms with Crippen molar-refractivity contribution >= 4 is 23.3 Å². The summed E-state index contributed by atoms with van der Waals surface area (Å²) in [5.41, 5.74) is 2.19. The minimum Gasteiger partial charge on any atom is -0.477 e. The summed E-state index contributed by atoms with van der Waals surface area (Å²) in [4.78, 5) is 38.8. The number of rotatable bonds is 6. The lowest BCUT2D eigenvalue weighted by molar-refractivity contribution is 0.0694. The molecule has 37 heavy (non-hydrogen) atoms. The molecule has 2 saturated carbocycles. The molecule has 8 nitrogen and oxygen atoms in total. The number of hydrogen-bond donors (Lipinski definition) is 2. The highest BCUT2D eigenvalue weighted by Crippen LogP contribution is 2.54. The van der Waals surface area contributed by atoms with Crippen LogP contribution >= 0.6 is 0 Å². The molecule has 1 aliphatic heterocycles. The van der Waals surface area contributed by atoms with Gasteiger partial charge in [-0.2, -0.15) is 0 Å². The summed E-state index contributed by atoms with van der Waals surface area (Å²) >= 11 is 0. The third-order valence-electron chi connectivity index (χ3n) is 8.09. The summed E-state index contributed by atoms with van der Waals surface area (Å²) in [7, 11) is 0. The van der Waals surface area contributed by atoms with Crippen molar-refractivity contribution in [3.05, 3.63) is 81.0 Å². The maximum absolute atomic E-state index is 15.5. The summed E-state index contributed by atoms with van der Waals surface area (Å²) in [5.74, 6) is -1.69. The molecule has 1 spiro atoms. The first-order valence-electron chi connectivity index (χ1n) is 12.6. The molecule has 2 unspecified atom stereocenters. The first-order valence-corrected chi connectivity index (χ1v) is 12.6. The number of ether oxygens (including phenoxy) is 1. The third kappa shape index (κ3) is 4.12. The van der Waals surface area contributed by atoms with Crippen molar-refractivity contribution in [1.82, 2.24) is 9.72 Å². The van der Waals surface area contributed by atoms with Crippen LogP contribution in [-0.2, 0) is 11.3 Å². The minimum atomic E-state index is -1.31. The number of hydrogen-bond acceptors (Lipinski definition) is 5. The van der Waals surface area contributed by atoms with E-state index in [2.05, 4.69) is 5.32 Å². The molecule has 0 radical (unpaired) electrons. The number of nitrogens with zero attached hydrogens (tertiary/aromatic N) is 2. The van der Waals surface area contributed by atoms with Crippen molar-refractivity contribution in [2.75, 3.05) is 18.0 Å². The fourth-order valence-electron chi connectivity index (χ4n) is 5.89. The second kappa shape index (κ2) is 8.61. The molecule has 2 N–H and O–H groups in total. The lowest BCUT2D eigenvalue weighted by Crippen LogP contribution is -2.32. The number of fused-ring (bicyclic) bond motifs is 1. The first-order chi connectivity index (χ1) is 17.8. The maximum atomic E-state index is 15.5. The molecule has 1 amide bonds. The Balaban J connectivity index is 1.22. The van der Waals surface area contributed by atoms with Crippen molar-refractivity contribution in [2.24, 2.45) is 5.41 Å². The number of carboxylic acids is 1. The summed E-state index contributed by atoms with van der Waals surface area (Å²) in [6.45, 7) is 3.21. The van der Waals surface area contributed by atoms with Gasteiger partial charge in [0.1, 0.15) is 12.2 Å². The summed E-state index contributed by atoms with van der Waals surface area (Å²) in [5, 5.41) is 12.5. The standard InChI is InChI=1S/C28H28FN3O5/c1-16-23-19(18-7-8-18)11-20(26(34)35)25(33)32(23)13-21(29)24(16)31-10-9-28(15-31)12-22(28)30-27(36)37-14-17-5-3-2-4-6-17/h2-6,11,13,18,22H,7-10,12,14-15H2,1H3,(H,30,36)(H,34,35). The number of anilines is 1. The number of carbonyl (C=O) groups is 2. The predicted molar refractivity (Wildman–Crippen MR) is 135 cm³/mol. The Hall–Kier alpha value is -3.88. The number of nitrogens with one attached hydrogen (secondary N) is 1. The number of alkyl carbamates (subject to hydrolysis) is 1. The quantitative estimate of drug-likeness (QED) is 0.521. The molecule has 3 aliphatic rings. The number of halogens is 1. The second-order valence-corrected chi connectivity index (χ2v) is 10.6. The fraction of sp³-hybridized carbons (Fsp3) is 0.393. The van der Waals surface area contributed by atoms with Gasteiger partial charge in [0, 0.05) is 24.5 Å². The average molecular weight is 506 g/mol. The number of pyridine rings is 2. The van der Waals surface area contributed by atoms with E-state index >= 15 is 4.39 Å². The van der Waals surface area contributed by atoms with Crippen LogP contribution in [0.2, 0.25) is 0 Å². The number of amides is 1. The average Bonchev–Trinajstić information content (AvgIpc) is 3.78. The Labute approximate surface area is 212 Å². The van der Waals surface area contributed by atoms with Gasteiger partial charge in [0.25, 0.3) is 5.56 Å². The third-order valence-corrected chi connectivity index (χ3v) is 8.09. The van der Waals surface area contributed by atoms with Gasteiger partial charge in [-0.15, -0.1) is 0 Å². The van der Waals surface area contributed by atoms with Crippen molar-refractivity contribution < 1.29 is 23.8 Å². The van der Waals surface area contributed by atoms with Crippen LogP contribution in [0.3, 0.4) is 0 Å². The monoisotopic (exact) mass is 505 g/mol. The normalized spacial score (nSPS) is 22.4. The number of aromatic nitrogens is 1. The highest BCUT2D eigenvalue weighted by atomic mass is 19.1. The molecular weight excluding hydrogens is 477 g/mol. The summed E-state index contributed by atoms with van der Waals surface area (Å²) in [6, 6.07) is 10.9. The van der Waals surface area contributed by atoms with E-state index in [1.807, 2.05) is 35.2 Å². The van der Waals surface area contributed by atoms with Crippen molar-refractivity contribution in [3.8, 4) is 0 Å². The molecule has 9 heteroatoms. The zero-order valence-electron chi connectivity index (χ0n) is 20.5. The van der Waals surface area contributed by atoms with E-state index in [0.717, 1.165) is 43.0 Å². The van der Waals surface area contributed by atoms with Crippen LogP contribution in [0, 0.1) is 18.2 Å². The van der Waals surface area contributed by atoms with Gasteiger partial charge in [0.15, 0.2) is 5.82 Å². The Morgan fingerprint density at radius 2 is 2.00 bits per heavy atom. The van der Waals surface area contributed by atoms with Gasteiger partial charge in [0.2, 0.25) is 0 Å². The fourth-order valence-corrected chi connectivity index (χ4v) is 5.89. The van der Waals surface area contributed by atoms with Crippen LogP contribution in [0.4, 0.5) is 14.9 Å². The lowest BCUT2D eigenvalue weighted by Gasteiger charge is -2.24. The predicted octanol–water partition coefficient (Wildman–Crippen LogP) is 4.22. The second-order valence-electron chi connectivity index (χ2n) is 10.6. The number of carbonyl (C=O) groups excluding carboxylic acids is 1. The van der Waals surface area contributed by atoms with Crippen LogP contribution in [0.15, 0.2) is 47.4 Å². The van der Waals surface area contributed by atoms with E-state index in [1.165, 1.54) is 10.5 Å². The van der Waals surface area contributed by atoms with E-state index in [1.54, 1.807) is 6.92 Å². The zero-order valence-corrected chi connectivity index (χ0v) is 20.5. The number of carboxylic acid groups (broad SMARTS) is 1. The van der Waals surface area contributed by atoms with E-state index in [0.29, 0.717) is 29.9 Å². The zero-order chi connectivity index (χ0) is 25.9. The molecule has 0 bridgehead atoms. The van der Waals surface area contributed by atoms with E-state index in [-0.39, 0.29) is 29.5 Å². The molecule has 2 atom stereocenters. The lowest BCUT2D eigenvalue weighted by atomic mass is 10.0. The topological polar surface area (TPSA) is 100 Å². The van der Waals surface area contributed by atoms with Crippen molar-refractivity contribution in [2.45, 2.75) is 51.2 Å². The molecule has 2 aliphatic carbocycles. The Morgan fingerprint density at radius 3 is 2.70 bits per heavy atom. The van der Waals surface area contributed by atoms with Gasteiger partial charge in [-0.1, -0.05) is 30.3 Å². The van der Waals surface area contributed by atoms with Gasteiger partial charge in [-0.05, 0) is 61.3 Å². The van der Waals surface area contributed by atoms with Gasteiger partial charge in [0.05, 0.1) is 17.4 Å². The molecule has 192 valence electrons. The van der Waals surface area contributed by atoms with E-state index < -0.39 is 23.4 Å². The van der Waals surface area contributed by atoms with Crippen molar-refractivity contribution in [3.63, 3.8) is 0 Å². The van der Waals surface area contributed by atoms with Crippen LogP contribution < -0.4 is 15.8 Å². The first kappa shape index (κ1) is 23.5. The Bertz CT molecular complexity index is 1480. The van der Waals surface area contributed by atoms with Crippen LogP contribution in [0.25, 0.3) is 5.52 Å². The molecule has 3 fully saturated rings. The number of aryl methyl sites for hydroxylation is 1. The Morgan fingerprint density at radius 1 is 1.24 bits per heavy atom. The van der Waals surface area contributed by atoms with Gasteiger partial charge >= 0.3 is 12.1 Å². The largest absolute Gasteiger partial charge is 0.477 e. The molecule has 3 heterocycles. The molecule has 3 aromatic rings. The molecule has 1 aromatic carbocycles. The summed E-state index contributed by atoms with van der Waals surface area (Å²) in [6.07, 6.45) is 4.11. The van der Waals surface area contributed by atoms with Crippen LogP contribution in [0.1, 0.15) is 58.6 Å². The molecular formula is C28H28FN3O5. The van der Waals surface area contributed by atoms with Gasteiger partial charge < -0.3 is 20.1 Å². The minimum absolute atomic E-state index is 0.0348. The number of benzene rings is 1. The van der Waals surface area contributed by atoms with Crippen LogP contribution in [-0.4, -0.2) is 40.7 Å². The van der Waals surface area contributed by atoms with Crippen molar-refractivity contribution in [1.29, 1.82) is 0 Å². The maximum Gasteiger partial charge on any atom is 0.407 e. The number of aromatic carboxylic acids is 1. The highest BCUT2D eigenvalue weighted by Gasteiger charge is 2.58. The van der Waals surface area contributed by atoms with Gasteiger partial charge in [-0.3, -0.25) is 9.20 Å². The molecule has 6 rings (SSSR count).